The van der Waals surface area contributed by atoms with Crippen molar-refractivity contribution in [2.75, 3.05) is 13.1 Å². The molecule has 0 saturated heterocycles. The topological polar surface area (TPSA) is 158 Å². The molecule has 0 amide bonds. The van der Waals surface area contributed by atoms with Crippen LogP contribution in [0, 0.1) is 17.8 Å². The van der Waals surface area contributed by atoms with Crippen molar-refractivity contribution in [3.63, 3.8) is 0 Å². The number of aryl methyl sites for hydroxylation is 1. The standard InChI is InChI=1S/C29H39N7O2.C2HF3O2/c1-3-13-35-27-25(28(37)36(14-4-2)29(35)38)33-26(34-27)20-15-18-9-10-19(16-20)21(18)17-30-12-11-24-31-22-7-5-6-8-23(22)32-24;3-2(4,5)1(6)7/h5-8,18-21,30H,3-4,9-17H2,1-2H3,(H,31,32)(H,33,34);(H,6,7). The number of H-pyrrole nitrogens is 2. The van der Waals surface area contributed by atoms with Crippen molar-refractivity contribution in [3.05, 3.63) is 56.8 Å². The largest absolute Gasteiger partial charge is 0.542 e. The number of carboxylic acid groups (broad SMARTS) is 1. The highest BCUT2D eigenvalue weighted by atomic mass is 19.4. The zero-order valence-corrected chi connectivity index (χ0v) is 25.5. The van der Waals surface area contributed by atoms with Crippen LogP contribution in [0.1, 0.15) is 69.9 Å². The third-order valence-corrected chi connectivity index (χ3v) is 9.15. The minimum atomic E-state index is -5.19. The lowest BCUT2D eigenvalue weighted by Crippen LogP contribution is -2.86. The number of carbonyl (C=O) groups is 1. The molecule has 3 aromatic heterocycles. The number of carbonyl (C=O) groups excluding carboxylic acids is 1. The summed E-state index contributed by atoms with van der Waals surface area (Å²) in [6.07, 6.45) is 2.12. The van der Waals surface area contributed by atoms with Crippen LogP contribution in [0.4, 0.5) is 13.2 Å². The van der Waals surface area contributed by atoms with Crippen LogP contribution in [0.5, 0.6) is 0 Å². The SMILES string of the molecule is CCCn1c(=O)c2[nH]c(C3CC4CCC(C3)C4C[NH2+]CCc3nc4ccccc4[nH]3)nc2n(CCC)c1=O.O=C([O-])C(F)(F)F. The van der Waals surface area contributed by atoms with E-state index >= 15 is 0 Å². The highest BCUT2D eigenvalue weighted by molar-refractivity contribution is 5.74. The lowest BCUT2D eigenvalue weighted by molar-refractivity contribution is -0.662. The average molecular weight is 632 g/mol. The number of hydrogen-bond donors (Lipinski definition) is 3. The maximum atomic E-state index is 13.2. The summed E-state index contributed by atoms with van der Waals surface area (Å²) < 4.78 is 34.6. The van der Waals surface area contributed by atoms with Gasteiger partial charge in [-0.2, -0.15) is 13.2 Å². The second kappa shape index (κ2) is 13.6. The summed E-state index contributed by atoms with van der Waals surface area (Å²) >= 11 is 0. The number of hydrogen-bond acceptors (Lipinski definition) is 6. The van der Waals surface area contributed by atoms with Crippen molar-refractivity contribution in [3.8, 4) is 0 Å². The first-order valence-electron chi connectivity index (χ1n) is 15.8. The van der Waals surface area contributed by atoms with E-state index in [1.165, 1.54) is 24.0 Å². The molecule has 2 bridgehead atoms. The molecule has 2 fully saturated rings. The van der Waals surface area contributed by atoms with Crippen molar-refractivity contribution in [1.29, 1.82) is 0 Å². The molecular formula is C31H40F3N7O4. The molecule has 11 nitrogen and oxygen atoms in total. The van der Waals surface area contributed by atoms with Gasteiger partial charge in [-0.05, 0) is 62.5 Å². The highest BCUT2D eigenvalue weighted by Crippen LogP contribution is 2.51. The number of nitrogens with two attached hydrogens (primary N) is 1. The predicted octanol–water partition coefficient (Wildman–Crippen LogP) is 2.21. The van der Waals surface area contributed by atoms with Crippen molar-refractivity contribution in [2.24, 2.45) is 17.8 Å². The Bertz CT molecular complexity index is 1710. The number of quaternary nitrogens is 1. The number of aliphatic carboxylic acids is 1. The second-order valence-electron chi connectivity index (χ2n) is 12.2. The maximum absolute atomic E-state index is 13.2. The minimum absolute atomic E-state index is 0.228. The van der Waals surface area contributed by atoms with Crippen molar-refractivity contribution < 1.29 is 28.4 Å². The van der Waals surface area contributed by atoms with Gasteiger partial charge in [0, 0.05) is 24.9 Å². The molecule has 3 heterocycles. The summed E-state index contributed by atoms with van der Waals surface area (Å²) in [6, 6.07) is 8.21. The molecule has 4 N–H and O–H groups in total. The van der Waals surface area contributed by atoms with Crippen LogP contribution in [-0.2, 0) is 24.3 Å². The fourth-order valence-corrected chi connectivity index (χ4v) is 7.16. The van der Waals surface area contributed by atoms with Gasteiger partial charge in [-0.25, -0.2) is 14.8 Å². The molecule has 2 unspecified atom stereocenters. The molecule has 2 aliphatic rings. The maximum Gasteiger partial charge on any atom is 0.430 e. The van der Waals surface area contributed by atoms with E-state index in [4.69, 9.17) is 19.9 Å². The number of fused-ring (bicyclic) bond motifs is 4. The van der Waals surface area contributed by atoms with E-state index < -0.39 is 12.1 Å². The van der Waals surface area contributed by atoms with E-state index in [1.807, 2.05) is 26.0 Å². The lowest BCUT2D eigenvalue weighted by atomic mass is 9.73. The first-order chi connectivity index (χ1) is 21.5. The molecule has 2 atom stereocenters. The molecule has 1 aromatic carbocycles. The molecule has 2 saturated carbocycles. The molecule has 45 heavy (non-hydrogen) atoms. The van der Waals surface area contributed by atoms with Crippen LogP contribution in [0.25, 0.3) is 22.2 Å². The summed E-state index contributed by atoms with van der Waals surface area (Å²) in [7, 11) is 0. The summed E-state index contributed by atoms with van der Waals surface area (Å²) in [6.45, 7) is 7.26. The van der Waals surface area contributed by atoms with Crippen molar-refractivity contribution in [1.82, 2.24) is 29.1 Å². The third-order valence-electron chi connectivity index (χ3n) is 9.15. The van der Waals surface area contributed by atoms with E-state index in [9.17, 15) is 22.8 Å². The number of carboxylic acids is 1. The molecule has 4 aromatic rings. The summed E-state index contributed by atoms with van der Waals surface area (Å²) in [5, 5.41) is 11.3. The van der Waals surface area contributed by atoms with E-state index in [0.29, 0.717) is 42.0 Å². The molecule has 0 aliphatic heterocycles. The normalized spacial score (nSPS) is 21.3. The number of para-hydroxylation sites is 2. The van der Waals surface area contributed by atoms with Gasteiger partial charge in [0.25, 0.3) is 5.56 Å². The Kier molecular flexibility index (Phi) is 9.80. The van der Waals surface area contributed by atoms with Crippen LogP contribution in [0.15, 0.2) is 33.9 Å². The first kappa shape index (κ1) is 32.5. The minimum Gasteiger partial charge on any atom is -0.542 e. The Morgan fingerprint density at radius 1 is 1.02 bits per heavy atom. The van der Waals surface area contributed by atoms with Gasteiger partial charge in [0.2, 0.25) is 0 Å². The fraction of sp³-hybridized carbons (Fsp3) is 0.581. The Morgan fingerprint density at radius 3 is 2.29 bits per heavy atom. The van der Waals surface area contributed by atoms with Gasteiger partial charge in [0.05, 0.1) is 30.5 Å². The highest BCUT2D eigenvalue weighted by Gasteiger charge is 2.44. The summed E-state index contributed by atoms with van der Waals surface area (Å²) in [4.78, 5) is 51.4. The number of nitrogens with zero attached hydrogens (tertiary/aromatic N) is 4. The number of aromatic amines is 2. The monoisotopic (exact) mass is 631 g/mol. The molecule has 244 valence electrons. The fourth-order valence-electron chi connectivity index (χ4n) is 7.16. The number of imidazole rings is 2. The summed E-state index contributed by atoms with van der Waals surface area (Å²) in [5.41, 5.74) is 2.73. The second-order valence-corrected chi connectivity index (χ2v) is 12.2. The van der Waals surface area contributed by atoms with Gasteiger partial charge in [0.15, 0.2) is 5.65 Å². The van der Waals surface area contributed by atoms with Gasteiger partial charge >= 0.3 is 11.9 Å². The Morgan fingerprint density at radius 2 is 1.67 bits per heavy atom. The molecule has 6 rings (SSSR count). The Balaban J connectivity index is 0.000000515. The quantitative estimate of drug-likeness (QED) is 0.228. The third kappa shape index (κ3) is 7.00. The Labute approximate surface area is 257 Å². The first-order valence-corrected chi connectivity index (χ1v) is 15.8. The molecular weight excluding hydrogens is 591 g/mol. The molecule has 0 spiro atoms. The molecule has 2 aliphatic carbocycles. The van der Waals surface area contributed by atoms with Gasteiger partial charge in [-0.15, -0.1) is 0 Å². The predicted molar refractivity (Wildman–Crippen MR) is 159 cm³/mol. The van der Waals surface area contributed by atoms with Crippen molar-refractivity contribution >= 4 is 28.2 Å². The number of aromatic nitrogens is 6. The number of rotatable bonds is 10. The van der Waals surface area contributed by atoms with Crippen LogP contribution < -0.4 is 21.7 Å². The number of benzene rings is 1. The van der Waals surface area contributed by atoms with E-state index in [-0.39, 0.29) is 11.2 Å². The molecule has 14 heteroatoms. The smallest absolute Gasteiger partial charge is 0.430 e. The zero-order chi connectivity index (χ0) is 32.3. The Hall–Kier alpha value is -3.94. The van der Waals surface area contributed by atoms with Crippen LogP contribution in [0.3, 0.4) is 0 Å². The number of halogens is 3. The van der Waals surface area contributed by atoms with E-state index in [2.05, 4.69) is 27.4 Å². The zero-order valence-electron chi connectivity index (χ0n) is 25.5. The van der Waals surface area contributed by atoms with E-state index in [0.717, 1.165) is 67.2 Å². The average Bonchev–Trinajstić information content (AvgIpc) is 3.69. The molecule has 0 radical (unpaired) electrons. The summed E-state index contributed by atoms with van der Waals surface area (Å²) in [5.74, 6) is 1.43. The van der Waals surface area contributed by atoms with Gasteiger partial charge in [-0.3, -0.25) is 13.9 Å². The number of nitrogens with one attached hydrogen (secondary N) is 2. The van der Waals surface area contributed by atoms with Crippen molar-refractivity contribution in [2.45, 2.75) is 84.0 Å². The lowest BCUT2D eigenvalue weighted by Gasteiger charge is -2.33. The van der Waals surface area contributed by atoms with E-state index in [1.54, 1.807) is 4.57 Å². The van der Waals surface area contributed by atoms with Crippen LogP contribution >= 0.6 is 0 Å². The van der Waals surface area contributed by atoms with Gasteiger partial charge in [0.1, 0.15) is 23.1 Å². The van der Waals surface area contributed by atoms with Crippen LogP contribution in [-0.4, -0.2) is 54.3 Å². The number of alkyl halides is 3. The van der Waals surface area contributed by atoms with Gasteiger partial charge < -0.3 is 25.2 Å². The van der Waals surface area contributed by atoms with Gasteiger partial charge in [-0.1, -0.05) is 26.0 Å². The van der Waals surface area contributed by atoms with Crippen LogP contribution in [0.2, 0.25) is 0 Å².